The van der Waals surface area contributed by atoms with Crippen molar-refractivity contribution in [1.29, 1.82) is 0 Å². The predicted octanol–water partition coefficient (Wildman–Crippen LogP) is 1.48. The molecular formula is C9H8N2O2. The van der Waals surface area contributed by atoms with Crippen molar-refractivity contribution in [3.05, 3.63) is 57.6 Å². The van der Waals surface area contributed by atoms with Gasteiger partial charge in [0.25, 0.3) is 5.70 Å². The van der Waals surface area contributed by atoms with Gasteiger partial charge in [-0.25, -0.2) is 0 Å². The summed E-state index contributed by atoms with van der Waals surface area (Å²) in [5.41, 5.74) is 1.73. The van der Waals surface area contributed by atoms with Gasteiger partial charge in [0.2, 0.25) is 0 Å². The molecule has 1 aliphatic carbocycles. The third-order valence-electron chi connectivity index (χ3n) is 2.01. The van der Waals surface area contributed by atoms with Crippen LogP contribution < -0.4 is 5.32 Å². The lowest BCUT2D eigenvalue weighted by Crippen LogP contribution is -2.18. The van der Waals surface area contributed by atoms with E-state index >= 15 is 0 Å². The lowest BCUT2D eigenvalue weighted by Gasteiger charge is -2.15. The molecule has 13 heavy (non-hydrogen) atoms. The highest BCUT2D eigenvalue weighted by molar-refractivity contribution is 5.45. The van der Waals surface area contributed by atoms with E-state index in [1.807, 2.05) is 12.2 Å². The van der Waals surface area contributed by atoms with E-state index in [9.17, 15) is 10.1 Å². The maximum Gasteiger partial charge on any atom is 0.292 e. The van der Waals surface area contributed by atoms with Crippen LogP contribution in [0.4, 0.5) is 0 Å². The molecule has 2 aliphatic rings. The number of allylic oxidation sites excluding steroid dienone is 5. The van der Waals surface area contributed by atoms with Crippen molar-refractivity contribution < 1.29 is 4.92 Å². The Hall–Kier alpha value is -1.84. The van der Waals surface area contributed by atoms with Crippen LogP contribution >= 0.6 is 0 Å². The van der Waals surface area contributed by atoms with Crippen molar-refractivity contribution in [2.45, 2.75) is 6.42 Å². The summed E-state index contributed by atoms with van der Waals surface area (Å²) in [7, 11) is 0. The molecular weight excluding hydrogens is 168 g/mol. The van der Waals surface area contributed by atoms with E-state index in [0.717, 1.165) is 12.0 Å². The zero-order valence-electron chi connectivity index (χ0n) is 6.86. The molecule has 0 aromatic rings. The summed E-state index contributed by atoms with van der Waals surface area (Å²) in [6.45, 7) is 0. The van der Waals surface area contributed by atoms with Crippen LogP contribution in [-0.2, 0) is 0 Å². The Morgan fingerprint density at radius 3 is 3.15 bits per heavy atom. The number of nitro groups is 1. The van der Waals surface area contributed by atoms with Gasteiger partial charge >= 0.3 is 0 Å². The highest BCUT2D eigenvalue weighted by Crippen LogP contribution is 2.24. The van der Waals surface area contributed by atoms with Crippen molar-refractivity contribution in [3.63, 3.8) is 0 Å². The largest absolute Gasteiger partial charge is 0.356 e. The van der Waals surface area contributed by atoms with Crippen LogP contribution in [0.15, 0.2) is 47.5 Å². The van der Waals surface area contributed by atoms with Crippen LogP contribution in [0.1, 0.15) is 6.42 Å². The molecule has 4 nitrogen and oxygen atoms in total. The van der Waals surface area contributed by atoms with E-state index in [2.05, 4.69) is 5.32 Å². The summed E-state index contributed by atoms with van der Waals surface area (Å²) >= 11 is 0. The summed E-state index contributed by atoms with van der Waals surface area (Å²) in [6.07, 6.45) is 9.52. The molecule has 0 saturated carbocycles. The number of nitrogens with one attached hydrogen (secondary N) is 1. The van der Waals surface area contributed by atoms with Gasteiger partial charge in [-0.2, -0.15) is 0 Å². The third-order valence-corrected chi connectivity index (χ3v) is 2.01. The van der Waals surface area contributed by atoms with Gasteiger partial charge < -0.3 is 5.32 Å². The van der Waals surface area contributed by atoms with Gasteiger partial charge in [0.1, 0.15) is 5.70 Å². The lowest BCUT2D eigenvalue weighted by atomic mass is 10.00. The molecule has 0 fully saturated rings. The SMILES string of the molecule is O=[N+]([O-])C1=C2NC=CC=C2CC=C1. The second-order valence-corrected chi connectivity index (χ2v) is 2.82. The van der Waals surface area contributed by atoms with E-state index in [-0.39, 0.29) is 10.6 Å². The smallest absolute Gasteiger partial charge is 0.292 e. The molecule has 1 aliphatic heterocycles. The maximum atomic E-state index is 10.6. The van der Waals surface area contributed by atoms with Crippen molar-refractivity contribution in [3.8, 4) is 0 Å². The van der Waals surface area contributed by atoms with Gasteiger partial charge in [-0.05, 0) is 18.1 Å². The average Bonchev–Trinajstić information content (AvgIpc) is 2.17. The van der Waals surface area contributed by atoms with E-state index in [1.54, 1.807) is 18.4 Å². The van der Waals surface area contributed by atoms with Crippen molar-refractivity contribution >= 4 is 0 Å². The highest BCUT2D eigenvalue weighted by Gasteiger charge is 2.22. The number of rotatable bonds is 1. The highest BCUT2D eigenvalue weighted by atomic mass is 16.6. The minimum absolute atomic E-state index is 0.141. The van der Waals surface area contributed by atoms with Crippen LogP contribution in [0.25, 0.3) is 0 Å². The second kappa shape index (κ2) is 2.90. The average molecular weight is 176 g/mol. The fraction of sp³-hybridized carbons (Fsp3) is 0.111. The molecule has 0 spiro atoms. The molecule has 2 rings (SSSR count). The molecule has 0 bridgehead atoms. The van der Waals surface area contributed by atoms with Crippen LogP contribution in [0.2, 0.25) is 0 Å². The molecule has 0 saturated heterocycles. The molecule has 0 aromatic heterocycles. The Bertz CT molecular complexity index is 375. The van der Waals surface area contributed by atoms with Crippen molar-refractivity contribution in [2.75, 3.05) is 0 Å². The van der Waals surface area contributed by atoms with E-state index < -0.39 is 0 Å². The molecule has 0 aromatic carbocycles. The molecule has 1 N–H and O–H groups in total. The summed E-state index contributed by atoms with van der Waals surface area (Å²) in [4.78, 5) is 10.2. The quantitative estimate of drug-likeness (QED) is 0.486. The van der Waals surface area contributed by atoms with Crippen molar-refractivity contribution in [1.82, 2.24) is 5.32 Å². The van der Waals surface area contributed by atoms with Gasteiger partial charge in [0, 0.05) is 12.3 Å². The molecule has 4 heteroatoms. The van der Waals surface area contributed by atoms with Gasteiger partial charge in [0.15, 0.2) is 0 Å². The van der Waals surface area contributed by atoms with Gasteiger partial charge in [-0.1, -0.05) is 12.2 Å². The summed E-state index contributed by atoms with van der Waals surface area (Å²) in [5.74, 6) is 0. The maximum absolute atomic E-state index is 10.6. The summed E-state index contributed by atoms with van der Waals surface area (Å²) in [6, 6.07) is 0. The fourth-order valence-electron chi connectivity index (χ4n) is 1.41. The fourth-order valence-corrected chi connectivity index (χ4v) is 1.41. The van der Waals surface area contributed by atoms with E-state index in [1.165, 1.54) is 0 Å². The minimum atomic E-state index is -0.370. The Morgan fingerprint density at radius 1 is 1.54 bits per heavy atom. The third kappa shape index (κ3) is 1.26. The normalized spacial score (nSPS) is 19.2. The first kappa shape index (κ1) is 7.79. The molecule has 0 atom stereocenters. The number of dihydropyridines is 1. The lowest BCUT2D eigenvalue weighted by molar-refractivity contribution is -0.420. The Balaban J connectivity index is 2.49. The molecule has 0 amide bonds. The Kier molecular flexibility index (Phi) is 1.73. The van der Waals surface area contributed by atoms with Crippen LogP contribution in [0, 0.1) is 10.1 Å². The first-order chi connectivity index (χ1) is 6.29. The Morgan fingerprint density at radius 2 is 2.38 bits per heavy atom. The topological polar surface area (TPSA) is 55.2 Å². The number of nitrogens with zero attached hydrogens (tertiary/aromatic N) is 1. The van der Waals surface area contributed by atoms with Gasteiger partial charge in [0.05, 0.1) is 4.92 Å². The first-order valence-corrected chi connectivity index (χ1v) is 3.97. The molecule has 0 unspecified atom stereocenters. The van der Waals surface area contributed by atoms with E-state index in [4.69, 9.17) is 0 Å². The standard InChI is InChI=1S/C9H8N2O2/c12-11(13)8-5-1-3-7-4-2-6-10-9(7)8/h1-2,4-6,10H,3H2. The number of hydrogen-bond acceptors (Lipinski definition) is 3. The van der Waals surface area contributed by atoms with Gasteiger partial charge in [-0.3, -0.25) is 10.1 Å². The number of hydrogen-bond donors (Lipinski definition) is 1. The molecule has 1 heterocycles. The molecule has 0 radical (unpaired) electrons. The predicted molar refractivity (Wildman–Crippen MR) is 48.1 cm³/mol. The van der Waals surface area contributed by atoms with Crippen LogP contribution in [0.5, 0.6) is 0 Å². The monoisotopic (exact) mass is 176 g/mol. The van der Waals surface area contributed by atoms with E-state index in [0.29, 0.717) is 5.70 Å². The first-order valence-electron chi connectivity index (χ1n) is 3.97. The summed E-state index contributed by atoms with van der Waals surface area (Å²) in [5, 5.41) is 13.5. The van der Waals surface area contributed by atoms with Crippen molar-refractivity contribution in [2.24, 2.45) is 0 Å². The van der Waals surface area contributed by atoms with Gasteiger partial charge in [-0.15, -0.1) is 0 Å². The van der Waals surface area contributed by atoms with Crippen LogP contribution in [0.3, 0.4) is 0 Å². The minimum Gasteiger partial charge on any atom is -0.356 e. The van der Waals surface area contributed by atoms with Crippen LogP contribution in [-0.4, -0.2) is 4.92 Å². The second-order valence-electron chi connectivity index (χ2n) is 2.82. The number of fused-ring (bicyclic) bond motifs is 1. The summed E-state index contributed by atoms with van der Waals surface area (Å²) < 4.78 is 0. The zero-order valence-corrected chi connectivity index (χ0v) is 6.86. The zero-order chi connectivity index (χ0) is 9.26. The Labute approximate surface area is 75.1 Å². The molecule has 66 valence electrons.